The number of hydrogen-bond acceptors (Lipinski definition) is 5. The van der Waals surface area contributed by atoms with Crippen LogP contribution in [-0.4, -0.2) is 34.1 Å². The predicted molar refractivity (Wildman–Crippen MR) is 112 cm³/mol. The number of H-pyrrole nitrogens is 1. The number of rotatable bonds is 7. The van der Waals surface area contributed by atoms with Gasteiger partial charge in [-0.05, 0) is 36.3 Å². The van der Waals surface area contributed by atoms with E-state index in [1.807, 2.05) is 31.2 Å². The lowest BCUT2D eigenvalue weighted by atomic mass is 10.1. The van der Waals surface area contributed by atoms with E-state index in [-0.39, 0.29) is 12.0 Å². The van der Waals surface area contributed by atoms with Crippen LogP contribution in [0.25, 0.3) is 22.3 Å². The fourth-order valence-electron chi connectivity index (χ4n) is 2.93. The zero-order chi connectivity index (χ0) is 20.1. The van der Waals surface area contributed by atoms with Crippen LogP contribution in [0.4, 0.5) is 5.82 Å². The molecular weight excluding hydrogens is 352 g/mol. The molecule has 142 valence electrons. The topological polar surface area (TPSA) is 79.9 Å². The van der Waals surface area contributed by atoms with Crippen molar-refractivity contribution in [2.24, 2.45) is 0 Å². The predicted octanol–water partition coefficient (Wildman–Crippen LogP) is 4.51. The quantitative estimate of drug-likeness (QED) is 0.470. The monoisotopic (exact) mass is 374 g/mol. The Morgan fingerprint density at radius 1 is 1.25 bits per heavy atom. The van der Waals surface area contributed by atoms with Crippen molar-refractivity contribution in [3.05, 3.63) is 79.2 Å². The Labute approximate surface area is 163 Å². The van der Waals surface area contributed by atoms with Crippen LogP contribution in [-0.2, 0) is 4.74 Å². The van der Waals surface area contributed by atoms with E-state index in [2.05, 4.69) is 33.4 Å². The second-order valence-electron chi connectivity index (χ2n) is 6.21. The van der Waals surface area contributed by atoms with Crippen LogP contribution in [0, 0.1) is 0 Å². The van der Waals surface area contributed by atoms with Gasteiger partial charge in [0.25, 0.3) is 0 Å². The normalized spacial score (nSPS) is 12.4. The lowest BCUT2D eigenvalue weighted by molar-refractivity contribution is 0.0601. The third-order valence-corrected chi connectivity index (χ3v) is 4.44. The lowest BCUT2D eigenvalue weighted by Gasteiger charge is -2.15. The van der Waals surface area contributed by atoms with Crippen LogP contribution < -0.4 is 5.32 Å². The fraction of sp³-hybridized carbons (Fsp3) is 0.136. The van der Waals surface area contributed by atoms with Crippen molar-refractivity contribution in [1.82, 2.24) is 15.0 Å². The highest BCUT2D eigenvalue weighted by molar-refractivity contribution is 5.93. The number of anilines is 1. The first kappa shape index (κ1) is 19.1. The Morgan fingerprint density at radius 3 is 2.64 bits per heavy atom. The van der Waals surface area contributed by atoms with Crippen LogP contribution in [0.2, 0.25) is 0 Å². The van der Waals surface area contributed by atoms with E-state index in [0.717, 1.165) is 33.7 Å². The van der Waals surface area contributed by atoms with Gasteiger partial charge in [0.2, 0.25) is 0 Å². The first-order valence-electron chi connectivity index (χ1n) is 8.81. The van der Waals surface area contributed by atoms with E-state index in [9.17, 15) is 4.79 Å². The molecule has 0 bridgehead atoms. The van der Waals surface area contributed by atoms with Crippen molar-refractivity contribution in [2.75, 3.05) is 12.4 Å². The van der Waals surface area contributed by atoms with Gasteiger partial charge < -0.3 is 15.0 Å². The highest BCUT2D eigenvalue weighted by atomic mass is 16.5. The number of carbonyl (C=O) groups is 1. The highest BCUT2D eigenvalue weighted by Gasteiger charge is 2.13. The molecule has 0 saturated carbocycles. The number of hydrogen-bond donors (Lipinski definition) is 2. The van der Waals surface area contributed by atoms with Crippen LogP contribution >= 0.6 is 0 Å². The standard InChI is InChI=1S/C22H22N4O2/c1-5-7-15(6-2)14(3)25-20-18-12-19(26-21(18)24-13-23-20)16-8-10-17(11-9-16)22(27)28-4/h5-14H,1-2H2,3-4H3,(H2,23,24,25,26)/b15-7+/t14-/m1/s1. The summed E-state index contributed by atoms with van der Waals surface area (Å²) in [7, 11) is 1.37. The molecule has 0 spiro atoms. The molecule has 28 heavy (non-hydrogen) atoms. The van der Waals surface area contributed by atoms with Gasteiger partial charge >= 0.3 is 5.97 Å². The summed E-state index contributed by atoms with van der Waals surface area (Å²) in [5.74, 6) is 0.364. The van der Waals surface area contributed by atoms with E-state index in [0.29, 0.717) is 5.56 Å². The zero-order valence-corrected chi connectivity index (χ0v) is 15.9. The molecule has 0 aliphatic carbocycles. The number of ether oxygens (including phenoxy) is 1. The van der Waals surface area contributed by atoms with Crippen LogP contribution in [0.5, 0.6) is 0 Å². The Hall–Kier alpha value is -3.67. The van der Waals surface area contributed by atoms with Crippen molar-refractivity contribution in [3.63, 3.8) is 0 Å². The van der Waals surface area contributed by atoms with Gasteiger partial charge in [0.05, 0.1) is 18.1 Å². The molecule has 2 heterocycles. The van der Waals surface area contributed by atoms with Gasteiger partial charge in [-0.1, -0.05) is 43.5 Å². The van der Waals surface area contributed by atoms with Gasteiger partial charge in [-0.3, -0.25) is 0 Å². The van der Waals surface area contributed by atoms with Crippen molar-refractivity contribution in [1.29, 1.82) is 0 Å². The van der Waals surface area contributed by atoms with E-state index in [4.69, 9.17) is 4.74 Å². The molecule has 0 radical (unpaired) electrons. The number of esters is 1. The molecule has 0 unspecified atom stereocenters. The Balaban J connectivity index is 1.93. The number of aromatic amines is 1. The molecule has 0 aliphatic rings. The lowest BCUT2D eigenvalue weighted by Crippen LogP contribution is -2.18. The highest BCUT2D eigenvalue weighted by Crippen LogP contribution is 2.28. The van der Waals surface area contributed by atoms with Gasteiger partial charge in [-0.25, -0.2) is 14.8 Å². The van der Waals surface area contributed by atoms with Gasteiger partial charge in [0.1, 0.15) is 17.8 Å². The zero-order valence-electron chi connectivity index (χ0n) is 15.9. The number of fused-ring (bicyclic) bond motifs is 1. The first-order valence-corrected chi connectivity index (χ1v) is 8.81. The average molecular weight is 374 g/mol. The maximum Gasteiger partial charge on any atom is 0.337 e. The molecule has 6 heteroatoms. The maximum atomic E-state index is 11.6. The molecule has 3 rings (SSSR count). The molecule has 0 aliphatic heterocycles. The second-order valence-corrected chi connectivity index (χ2v) is 6.21. The molecular formula is C22H22N4O2. The minimum atomic E-state index is -0.361. The summed E-state index contributed by atoms with van der Waals surface area (Å²) in [5.41, 5.74) is 4.06. The molecule has 2 N–H and O–H groups in total. The molecule has 3 aromatic rings. The Bertz CT molecular complexity index is 1050. The van der Waals surface area contributed by atoms with Crippen molar-refractivity contribution in [3.8, 4) is 11.3 Å². The third kappa shape index (κ3) is 3.86. The van der Waals surface area contributed by atoms with Gasteiger partial charge in [-0.2, -0.15) is 0 Å². The molecule has 6 nitrogen and oxygen atoms in total. The van der Waals surface area contributed by atoms with Crippen molar-refractivity contribution in [2.45, 2.75) is 13.0 Å². The molecule has 1 atom stereocenters. The smallest absolute Gasteiger partial charge is 0.337 e. The largest absolute Gasteiger partial charge is 0.465 e. The summed E-state index contributed by atoms with van der Waals surface area (Å²) in [5, 5.41) is 4.28. The Morgan fingerprint density at radius 2 is 2.00 bits per heavy atom. The second kappa shape index (κ2) is 8.35. The molecule has 0 saturated heterocycles. The van der Waals surface area contributed by atoms with Crippen molar-refractivity contribution >= 4 is 22.8 Å². The van der Waals surface area contributed by atoms with Gasteiger partial charge in [-0.15, -0.1) is 0 Å². The molecule has 0 fully saturated rings. The summed E-state index contributed by atoms with van der Waals surface area (Å²) in [6, 6.07) is 9.19. The number of nitrogens with one attached hydrogen (secondary N) is 2. The van der Waals surface area contributed by atoms with Gasteiger partial charge in [0.15, 0.2) is 0 Å². The molecule has 0 amide bonds. The minimum Gasteiger partial charge on any atom is -0.465 e. The van der Waals surface area contributed by atoms with Crippen LogP contribution in [0.1, 0.15) is 17.3 Å². The number of allylic oxidation sites excluding steroid dienone is 2. The molecule has 1 aromatic carbocycles. The third-order valence-electron chi connectivity index (χ3n) is 4.44. The maximum absolute atomic E-state index is 11.6. The summed E-state index contributed by atoms with van der Waals surface area (Å²) < 4.78 is 4.74. The van der Waals surface area contributed by atoms with E-state index in [1.54, 1.807) is 24.3 Å². The summed E-state index contributed by atoms with van der Waals surface area (Å²) >= 11 is 0. The van der Waals surface area contributed by atoms with E-state index >= 15 is 0 Å². The number of carbonyl (C=O) groups excluding carboxylic acids is 1. The van der Waals surface area contributed by atoms with E-state index in [1.165, 1.54) is 13.4 Å². The number of nitrogens with zero attached hydrogens (tertiary/aromatic N) is 2. The molecule has 2 aromatic heterocycles. The van der Waals surface area contributed by atoms with Gasteiger partial charge in [0, 0.05) is 11.7 Å². The van der Waals surface area contributed by atoms with Crippen LogP contribution in [0.3, 0.4) is 0 Å². The average Bonchev–Trinajstić information content (AvgIpc) is 3.16. The number of aromatic nitrogens is 3. The number of benzene rings is 1. The summed E-state index contributed by atoms with van der Waals surface area (Å²) in [6.07, 6.45) is 6.96. The summed E-state index contributed by atoms with van der Waals surface area (Å²) in [6.45, 7) is 9.61. The van der Waals surface area contributed by atoms with Crippen molar-refractivity contribution < 1.29 is 9.53 Å². The van der Waals surface area contributed by atoms with Crippen LogP contribution in [0.15, 0.2) is 73.6 Å². The first-order chi connectivity index (χ1) is 13.6. The van der Waals surface area contributed by atoms with E-state index < -0.39 is 0 Å². The minimum absolute atomic E-state index is 0.00582. The number of methoxy groups -OCH3 is 1. The summed E-state index contributed by atoms with van der Waals surface area (Å²) in [4.78, 5) is 23.6. The Kier molecular flexibility index (Phi) is 5.69. The SMILES string of the molecule is C=C/C=C(\C=C)[C@@H](C)Nc1ncnc2[nH]c(-c3ccc(C(=O)OC)cc3)cc12. The fourth-order valence-corrected chi connectivity index (χ4v) is 2.93.